The lowest BCUT2D eigenvalue weighted by Crippen LogP contribution is -2.55. The van der Waals surface area contributed by atoms with Gasteiger partial charge >= 0.3 is 0 Å². The zero-order chi connectivity index (χ0) is 6.69. The van der Waals surface area contributed by atoms with Gasteiger partial charge in [0.05, 0.1) is 0 Å². The number of likely N-dealkylation sites (N-methyl/N-ethyl adjacent to an activating group) is 1. The minimum atomic E-state index is 0.824. The Morgan fingerprint density at radius 3 is 2.56 bits per heavy atom. The Morgan fingerprint density at radius 2 is 2.22 bits per heavy atom. The van der Waals surface area contributed by atoms with Crippen LogP contribution in [0.15, 0.2) is 0 Å². The fraction of sp³-hybridized carbons (Fsp3) is 1.00. The smallest absolute Gasteiger partial charge is 0.0342 e. The maximum Gasteiger partial charge on any atom is 0.0342 e. The van der Waals surface area contributed by atoms with Crippen LogP contribution in [0, 0.1) is 0 Å². The fourth-order valence-electron chi connectivity index (χ4n) is 1.12. The van der Waals surface area contributed by atoms with Crippen LogP contribution in [0.4, 0.5) is 0 Å². The Morgan fingerprint density at radius 1 is 1.56 bits per heavy atom. The van der Waals surface area contributed by atoms with Crippen molar-refractivity contribution in [2.45, 2.75) is 19.4 Å². The standard InChI is InChI=1S/C7H16N2/c1-3-4-9(2)7-5-8-6-7/h7-8H,3-6H2,1-2H3. The lowest BCUT2D eigenvalue weighted by molar-refractivity contribution is 0.180. The van der Waals surface area contributed by atoms with Crippen molar-refractivity contribution in [3.63, 3.8) is 0 Å². The normalized spacial score (nSPS) is 20.3. The first-order valence-electron chi connectivity index (χ1n) is 3.75. The maximum atomic E-state index is 3.26. The zero-order valence-electron chi connectivity index (χ0n) is 6.35. The minimum absolute atomic E-state index is 0.824. The van der Waals surface area contributed by atoms with Gasteiger partial charge in [-0.25, -0.2) is 0 Å². The molecule has 2 nitrogen and oxygen atoms in total. The summed E-state index contributed by atoms with van der Waals surface area (Å²) in [5.74, 6) is 0. The van der Waals surface area contributed by atoms with Gasteiger partial charge in [0.2, 0.25) is 0 Å². The van der Waals surface area contributed by atoms with Gasteiger partial charge in [-0.3, -0.25) is 0 Å². The molecule has 0 saturated carbocycles. The topological polar surface area (TPSA) is 15.3 Å². The summed E-state index contributed by atoms with van der Waals surface area (Å²) >= 11 is 0. The molecule has 1 saturated heterocycles. The zero-order valence-corrected chi connectivity index (χ0v) is 6.35. The monoisotopic (exact) mass is 128 g/mol. The van der Waals surface area contributed by atoms with Gasteiger partial charge in [0, 0.05) is 19.1 Å². The Balaban J connectivity index is 2.08. The van der Waals surface area contributed by atoms with Crippen LogP contribution in [0.1, 0.15) is 13.3 Å². The average Bonchev–Trinajstić information content (AvgIpc) is 1.60. The lowest BCUT2D eigenvalue weighted by Gasteiger charge is -2.35. The van der Waals surface area contributed by atoms with E-state index in [0.717, 1.165) is 6.04 Å². The van der Waals surface area contributed by atoms with Crippen LogP contribution in [0.25, 0.3) is 0 Å². The number of nitrogens with one attached hydrogen (secondary N) is 1. The molecule has 0 aromatic rings. The Kier molecular flexibility index (Phi) is 2.49. The van der Waals surface area contributed by atoms with Crippen molar-refractivity contribution in [2.24, 2.45) is 0 Å². The molecule has 1 aliphatic heterocycles. The summed E-state index contributed by atoms with van der Waals surface area (Å²) in [7, 11) is 2.20. The second-order valence-corrected chi connectivity index (χ2v) is 2.79. The summed E-state index contributed by atoms with van der Waals surface area (Å²) in [5, 5.41) is 3.26. The van der Waals surface area contributed by atoms with E-state index in [0.29, 0.717) is 0 Å². The average molecular weight is 128 g/mol. The molecule has 0 aliphatic carbocycles. The van der Waals surface area contributed by atoms with Crippen LogP contribution in [0.3, 0.4) is 0 Å². The quantitative estimate of drug-likeness (QED) is 0.588. The second kappa shape index (κ2) is 3.18. The molecule has 1 rings (SSSR count). The third kappa shape index (κ3) is 1.66. The molecule has 0 aromatic heterocycles. The highest BCUT2D eigenvalue weighted by Crippen LogP contribution is 2.01. The van der Waals surface area contributed by atoms with E-state index in [4.69, 9.17) is 0 Å². The van der Waals surface area contributed by atoms with E-state index in [-0.39, 0.29) is 0 Å². The molecule has 0 amide bonds. The fourth-order valence-corrected chi connectivity index (χ4v) is 1.12. The molecule has 1 N–H and O–H groups in total. The molecule has 0 aromatic carbocycles. The van der Waals surface area contributed by atoms with E-state index in [1.54, 1.807) is 0 Å². The summed E-state index contributed by atoms with van der Waals surface area (Å²) < 4.78 is 0. The van der Waals surface area contributed by atoms with E-state index < -0.39 is 0 Å². The largest absolute Gasteiger partial charge is 0.314 e. The highest BCUT2D eigenvalue weighted by Gasteiger charge is 2.19. The van der Waals surface area contributed by atoms with Gasteiger partial charge in [-0.1, -0.05) is 6.92 Å². The van der Waals surface area contributed by atoms with Crippen LogP contribution in [-0.4, -0.2) is 37.6 Å². The van der Waals surface area contributed by atoms with Crippen LogP contribution in [0.5, 0.6) is 0 Å². The van der Waals surface area contributed by atoms with Gasteiger partial charge in [-0.15, -0.1) is 0 Å². The van der Waals surface area contributed by atoms with Gasteiger partial charge in [0.15, 0.2) is 0 Å². The lowest BCUT2D eigenvalue weighted by atomic mass is 10.1. The second-order valence-electron chi connectivity index (χ2n) is 2.79. The minimum Gasteiger partial charge on any atom is -0.314 e. The molecule has 1 aliphatic rings. The third-order valence-corrected chi connectivity index (χ3v) is 1.96. The SMILES string of the molecule is CCCN(C)C1CNC1. The predicted octanol–water partition coefficient (Wildman–Crippen LogP) is 0.300. The third-order valence-electron chi connectivity index (χ3n) is 1.96. The highest BCUT2D eigenvalue weighted by atomic mass is 15.2. The van der Waals surface area contributed by atoms with Crippen LogP contribution in [-0.2, 0) is 0 Å². The highest BCUT2D eigenvalue weighted by molar-refractivity contribution is 4.82. The van der Waals surface area contributed by atoms with Gasteiger partial charge in [0.25, 0.3) is 0 Å². The Bertz CT molecular complexity index is 79.0. The summed E-state index contributed by atoms with van der Waals surface area (Å²) in [6.45, 7) is 5.85. The molecule has 9 heavy (non-hydrogen) atoms. The number of nitrogens with zero attached hydrogens (tertiary/aromatic N) is 1. The van der Waals surface area contributed by atoms with Crippen molar-refractivity contribution in [2.75, 3.05) is 26.7 Å². The molecule has 1 heterocycles. The van der Waals surface area contributed by atoms with E-state index in [9.17, 15) is 0 Å². The Labute approximate surface area is 57.2 Å². The van der Waals surface area contributed by atoms with E-state index in [1.165, 1.54) is 26.1 Å². The first-order valence-corrected chi connectivity index (χ1v) is 3.75. The molecule has 0 atom stereocenters. The molecule has 0 spiro atoms. The first-order chi connectivity index (χ1) is 4.34. The molecule has 2 heteroatoms. The van der Waals surface area contributed by atoms with Crippen molar-refractivity contribution in [1.82, 2.24) is 10.2 Å². The number of hydrogen-bond donors (Lipinski definition) is 1. The van der Waals surface area contributed by atoms with Gasteiger partial charge in [0.1, 0.15) is 0 Å². The Hall–Kier alpha value is -0.0800. The summed E-state index contributed by atoms with van der Waals surface area (Å²) in [6.07, 6.45) is 1.27. The molecule has 1 fully saturated rings. The number of rotatable bonds is 3. The molecular formula is C7H16N2. The number of hydrogen-bond acceptors (Lipinski definition) is 2. The van der Waals surface area contributed by atoms with Gasteiger partial charge in [-0.05, 0) is 20.0 Å². The molecule has 0 bridgehead atoms. The maximum absolute atomic E-state index is 3.26. The first kappa shape index (κ1) is 7.03. The van der Waals surface area contributed by atoms with Crippen molar-refractivity contribution in [1.29, 1.82) is 0 Å². The van der Waals surface area contributed by atoms with Crippen LogP contribution >= 0.6 is 0 Å². The van der Waals surface area contributed by atoms with Crippen molar-refractivity contribution in [3.8, 4) is 0 Å². The van der Waals surface area contributed by atoms with Crippen molar-refractivity contribution < 1.29 is 0 Å². The van der Waals surface area contributed by atoms with E-state index in [2.05, 4.69) is 24.2 Å². The summed E-state index contributed by atoms with van der Waals surface area (Å²) in [4.78, 5) is 2.43. The molecule has 54 valence electrons. The molecule has 0 radical (unpaired) electrons. The van der Waals surface area contributed by atoms with Crippen LogP contribution < -0.4 is 5.32 Å². The van der Waals surface area contributed by atoms with E-state index >= 15 is 0 Å². The van der Waals surface area contributed by atoms with Crippen LogP contribution in [0.2, 0.25) is 0 Å². The van der Waals surface area contributed by atoms with Crippen molar-refractivity contribution in [3.05, 3.63) is 0 Å². The van der Waals surface area contributed by atoms with E-state index in [1.807, 2.05) is 0 Å². The van der Waals surface area contributed by atoms with Crippen molar-refractivity contribution >= 4 is 0 Å². The van der Waals surface area contributed by atoms with Gasteiger partial charge in [-0.2, -0.15) is 0 Å². The predicted molar refractivity (Wildman–Crippen MR) is 39.6 cm³/mol. The summed E-state index contributed by atoms with van der Waals surface area (Å²) in [5.41, 5.74) is 0. The van der Waals surface area contributed by atoms with Gasteiger partial charge < -0.3 is 10.2 Å². The molecular weight excluding hydrogens is 112 g/mol. The summed E-state index contributed by atoms with van der Waals surface area (Å²) in [6, 6.07) is 0.824. The molecule has 0 unspecified atom stereocenters.